The second-order valence-corrected chi connectivity index (χ2v) is 4.94. The first-order valence-corrected chi connectivity index (χ1v) is 5.17. The van der Waals surface area contributed by atoms with E-state index in [1.807, 2.05) is 11.9 Å². The number of oxazole rings is 1. The molecule has 1 rings (SSSR count). The van der Waals surface area contributed by atoms with Gasteiger partial charge in [-0.25, -0.2) is 0 Å². The highest BCUT2D eigenvalue weighted by molar-refractivity contribution is 6.16. The summed E-state index contributed by atoms with van der Waals surface area (Å²) in [6.07, 6.45) is 1.60. The SMILES string of the molecule is CN(CC(C)(C)C)c1nc(CCl)co1. The van der Waals surface area contributed by atoms with Crippen LogP contribution in [0.15, 0.2) is 10.7 Å². The van der Waals surface area contributed by atoms with Gasteiger partial charge in [-0.15, -0.1) is 11.6 Å². The lowest BCUT2D eigenvalue weighted by atomic mass is 9.96. The maximum atomic E-state index is 5.64. The van der Waals surface area contributed by atoms with Crippen molar-refractivity contribution in [2.24, 2.45) is 5.41 Å². The molecule has 3 nitrogen and oxygen atoms in total. The zero-order valence-corrected chi connectivity index (χ0v) is 9.93. The normalized spacial score (nSPS) is 11.8. The highest BCUT2D eigenvalue weighted by atomic mass is 35.5. The fourth-order valence-corrected chi connectivity index (χ4v) is 1.43. The van der Waals surface area contributed by atoms with Gasteiger partial charge < -0.3 is 9.32 Å². The van der Waals surface area contributed by atoms with Crippen LogP contribution in [-0.4, -0.2) is 18.6 Å². The van der Waals surface area contributed by atoms with Crippen molar-refractivity contribution in [2.75, 3.05) is 18.5 Å². The molecular weight excluding hydrogens is 200 g/mol. The zero-order valence-electron chi connectivity index (χ0n) is 9.17. The fraction of sp³-hybridized carbons (Fsp3) is 0.700. The van der Waals surface area contributed by atoms with E-state index in [0.29, 0.717) is 11.9 Å². The van der Waals surface area contributed by atoms with Crippen molar-refractivity contribution < 1.29 is 4.42 Å². The number of hydrogen-bond acceptors (Lipinski definition) is 3. The molecule has 0 bridgehead atoms. The average Bonchev–Trinajstić information content (AvgIpc) is 2.48. The summed E-state index contributed by atoms with van der Waals surface area (Å²) < 4.78 is 5.29. The Morgan fingerprint density at radius 2 is 2.14 bits per heavy atom. The molecular formula is C10H17ClN2O. The molecule has 0 fully saturated rings. The Morgan fingerprint density at radius 1 is 1.50 bits per heavy atom. The minimum atomic E-state index is 0.227. The lowest BCUT2D eigenvalue weighted by molar-refractivity contribution is 0.403. The standard InChI is InChI=1S/C10H17ClN2O/c1-10(2,3)7-13(4)9-12-8(5-11)6-14-9/h6H,5,7H2,1-4H3. The van der Waals surface area contributed by atoms with E-state index in [-0.39, 0.29) is 5.41 Å². The van der Waals surface area contributed by atoms with E-state index in [4.69, 9.17) is 16.0 Å². The van der Waals surface area contributed by atoms with Gasteiger partial charge >= 0.3 is 0 Å². The molecule has 0 saturated heterocycles. The molecule has 4 heteroatoms. The van der Waals surface area contributed by atoms with Gasteiger partial charge in [-0.1, -0.05) is 20.8 Å². The Balaban J connectivity index is 2.65. The van der Waals surface area contributed by atoms with Crippen molar-refractivity contribution in [3.8, 4) is 0 Å². The largest absolute Gasteiger partial charge is 0.432 e. The number of rotatable bonds is 3. The van der Waals surface area contributed by atoms with Crippen molar-refractivity contribution in [3.05, 3.63) is 12.0 Å². The van der Waals surface area contributed by atoms with Gasteiger partial charge in [0, 0.05) is 13.6 Å². The Labute approximate surface area is 90.1 Å². The van der Waals surface area contributed by atoms with Crippen LogP contribution in [0, 0.1) is 5.41 Å². The Kier molecular flexibility index (Phi) is 3.43. The van der Waals surface area contributed by atoms with Crippen molar-refractivity contribution in [1.82, 2.24) is 4.98 Å². The summed E-state index contributed by atoms with van der Waals surface area (Å²) in [6.45, 7) is 7.42. The van der Waals surface area contributed by atoms with Gasteiger partial charge in [-0.3, -0.25) is 0 Å². The summed E-state index contributed by atoms with van der Waals surface area (Å²) in [5.41, 5.74) is 1.01. The van der Waals surface area contributed by atoms with Crippen LogP contribution >= 0.6 is 11.6 Å². The van der Waals surface area contributed by atoms with Crippen molar-refractivity contribution in [3.63, 3.8) is 0 Å². The second kappa shape index (κ2) is 4.22. The molecule has 80 valence electrons. The molecule has 0 spiro atoms. The third-order valence-electron chi connectivity index (χ3n) is 1.71. The molecule has 0 saturated carbocycles. The van der Waals surface area contributed by atoms with Crippen molar-refractivity contribution in [2.45, 2.75) is 26.7 Å². The maximum absolute atomic E-state index is 5.64. The van der Waals surface area contributed by atoms with E-state index in [1.54, 1.807) is 6.26 Å². The van der Waals surface area contributed by atoms with Gasteiger partial charge in [0.25, 0.3) is 6.01 Å². The summed E-state index contributed by atoms with van der Waals surface area (Å²) in [7, 11) is 1.97. The number of nitrogens with zero attached hydrogens (tertiary/aromatic N) is 2. The van der Waals surface area contributed by atoms with Crippen molar-refractivity contribution >= 4 is 17.6 Å². The molecule has 0 aliphatic carbocycles. The predicted molar refractivity (Wildman–Crippen MR) is 58.8 cm³/mol. The van der Waals surface area contributed by atoms with Crippen LogP contribution in [-0.2, 0) is 5.88 Å². The quantitative estimate of drug-likeness (QED) is 0.728. The molecule has 1 aromatic rings. The molecule has 0 N–H and O–H groups in total. The number of hydrogen-bond donors (Lipinski definition) is 0. The number of aromatic nitrogens is 1. The second-order valence-electron chi connectivity index (χ2n) is 4.67. The minimum Gasteiger partial charge on any atom is -0.432 e. The summed E-state index contributed by atoms with van der Waals surface area (Å²) in [5.74, 6) is 0.396. The van der Waals surface area contributed by atoms with Crippen LogP contribution in [0.25, 0.3) is 0 Å². The Bertz CT molecular complexity index is 291. The van der Waals surface area contributed by atoms with E-state index < -0.39 is 0 Å². The molecule has 0 radical (unpaired) electrons. The smallest absolute Gasteiger partial charge is 0.297 e. The highest BCUT2D eigenvalue weighted by Gasteiger charge is 2.16. The zero-order chi connectivity index (χ0) is 10.8. The molecule has 0 aliphatic heterocycles. The number of halogens is 1. The van der Waals surface area contributed by atoms with Crippen LogP contribution in [0.4, 0.5) is 6.01 Å². The summed E-state index contributed by atoms with van der Waals surface area (Å²) in [5, 5.41) is 0. The summed E-state index contributed by atoms with van der Waals surface area (Å²) in [6, 6.07) is 0.635. The third-order valence-corrected chi connectivity index (χ3v) is 1.99. The average molecular weight is 217 g/mol. The Morgan fingerprint density at radius 3 is 2.57 bits per heavy atom. The van der Waals surface area contributed by atoms with E-state index in [1.165, 1.54) is 0 Å². The molecule has 0 unspecified atom stereocenters. The van der Waals surface area contributed by atoms with Crippen molar-refractivity contribution in [1.29, 1.82) is 0 Å². The first-order valence-electron chi connectivity index (χ1n) is 4.64. The van der Waals surface area contributed by atoms with Crippen LogP contribution in [0.1, 0.15) is 26.5 Å². The van der Waals surface area contributed by atoms with Gasteiger partial charge in [0.05, 0.1) is 11.6 Å². The van der Waals surface area contributed by atoms with Crippen LogP contribution < -0.4 is 4.90 Å². The van der Waals surface area contributed by atoms with Gasteiger partial charge in [0.2, 0.25) is 0 Å². The van der Waals surface area contributed by atoms with E-state index in [0.717, 1.165) is 12.2 Å². The summed E-state index contributed by atoms with van der Waals surface area (Å²) in [4.78, 5) is 6.24. The monoisotopic (exact) mass is 216 g/mol. The molecule has 0 aromatic carbocycles. The van der Waals surface area contributed by atoms with Gasteiger partial charge in [0.1, 0.15) is 6.26 Å². The third kappa shape index (κ3) is 3.22. The molecule has 1 heterocycles. The first kappa shape index (κ1) is 11.4. The lowest BCUT2D eigenvalue weighted by Gasteiger charge is -2.25. The lowest BCUT2D eigenvalue weighted by Crippen LogP contribution is -2.29. The van der Waals surface area contributed by atoms with E-state index in [2.05, 4.69) is 25.8 Å². The number of anilines is 1. The van der Waals surface area contributed by atoms with Gasteiger partial charge in [0.15, 0.2) is 0 Å². The highest BCUT2D eigenvalue weighted by Crippen LogP contribution is 2.19. The van der Waals surface area contributed by atoms with Crippen LogP contribution in [0.5, 0.6) is 0 Å². The Hall–Kier alpha value is -0.700. The molecule has 0 aliphatic rings. The first-order chi connectivity index (χ1) is 6.42. The molecule has 1 aromatic heterocycles. The minimum absolute atomic E-state index is 0.227. The van der Waals surface area contributed by atoms with E-state index in [9.17, 15) is 0 Å². The van der Waals surface area contributed by atoms with E-state index >= 15 is 0 Å². The topological polar surface area (TPSA) is 29.3 Å². The summed E-state index contributed by atoms with van der Waals surface area (Å²) >= 11 is 5.64. The van der Waals surface area contributed by atoms with Gasteiger partial charge in [-0.2, -0.15) is 4.98 Å². The maximum Gasteiger partial charge on any atom is 0.297 e. The van der Waals surface area contributed by atoms with Crippen LogP contribution in [0.3, 0.4) is 0 Å². The molecule has 0 amide bonds. The fourth-order valence-electron chi connectivity index (χ4n) is 1.31. The predicted octanol–water partition coefficient (Wildman–Crippen LogP) is 2.90. The molecule has 0 atom stereocenters. The molecule has 14 heavy (non-hydrogen) atoms. The van der Waals surface area contributed by atoms with Crippen LogP contribution in [0.2, 0.25) is 0 Å². The number of alkyl halides is 1. The van der Waals surface area contributed by atoms with Gasteiger partial charge in [-0.05, 0) is 5.41 Å².